The molecule has 103 heavy (non-hydrogen) atoms. The Morgan fingerprint density at radius 2 is 0.951 bits per heavy atom. The molecule has 1 saturated heterocycles. The van der Waals surface area contributed by atoms with Crippen LogP contribution in [-0.2, 0) is 22.2 Å². The summed E-state index contributed by atoms with van der Waals surface area (Å²) < 4.78 is 0. The van der Waals surface area contributed by atoms with Crippen LogP contribution in [0.25, 0.3) is 10.6 Å². The summed E-state index contributed by atoms with van der Waals surface area (Å²) in [7, 11) is 10.2. The molecule has 0 aliphatic carbocycles. The Kier molecular flexibility index (Phi) is 56.7. The highest BCUT2D eigenvalue weighted by atomic mass is 32.1. The zero-order chi connectivity index (χ0) is 82.9. The van der Waals surface area contributed by atoms with Gasteiger partial charge in [0.05, 0.1) is 5.69 Å². The van der Waals surface area contributed by atoms with Gasteiger partial charge in [-0.3, -0.25) is 9.69 Å². The molecule has 1 aromatic heterocycles. The standard InChI is InChI=1S/C18H25NS.C14H29N.C12H19N.C12H27N.C11H25N.C11H24.C9H19NO.C4H10.2C2H6/c1-12-15(18(5,6)7)19-16(20-12)13-8-10-14(11-9-13)17(2,3)4;1-13(2,3)11-15-9-7-12(8-10-15)14(4,5)6;1-12(2,3)13(4)10-11-8-6-5-7-9-11;1-11(2)8-7-9-13(6)10-12(3,4)5;1-10(2)8-7-9-12(6)11(3,4)5;1-9(11(5,6)7)8-10(2,3)4;1-9(2,3)7-6-8(11)10(4)5;1-4(2)3;2*1-2/h8-11H,1-7H3;12H,7-11H2,1-6H3;5-9H,10H2,1-4H3;11H,7-10H2,1-6H3;10H,7-9H2,1-6H3;9H,8H2,1-7H3;6-7H2,1-5H3;4H,1-3H3;2*1-2H3. The van der Waals surface area contributed by atoms with Gasteiger partial charge in [0.2, 0.25) is 5.91 Å². The van der Waals surface area contributed by atoms with Crippen LogP contribution >= 0.6 is 11.3 Å². The number of amides is 1. The first kappa shape index (κ1) is 111. The van der Waals surface area contributed by atoms with Crippen molar-refractivity contribution in [2.45, 2.75) is 384 Å². The fourth-order valence-electron chi connectivity index (χ4n) is 10.7. The summed E-state index contributed by atoms with van der Waals surface area (Å²) in [5.74, 6) is 4.48. The number of thiazole rings is 1. The van der Waals surface area contributed by atoms with E-state index in [2.05, 4.69) is 365 Å². The van der Waals surface area contributed by atoms with Gasteiger partial charge >= 0.3 is 0 Å². The van der Waals surface area contributed by atoms with Crippen LogP contribution in [0.5, 0.6) is 0 Å². The van der Waals surface area contributed by atoms with Gasteiger partial charge in [0, 0.05) is 67.1 Å². The van der Waals surface area contributed by atoms with Crippen LogP contribution in [0.15, 0.2) is 54.6 Å². The van der Waals surface area contributed by atoms with E-state index in [0.29, 0.717) is 39.0 Å². The Morgan fingerprint density at radius 1 is 0.534 bits per heavy atom. The zero-order valence-electron chi connectivity index (χ0n) is 79.4. The van der Waals surface area contributed by atoms with Gasteiger partial charge in [-0.2, -0.15) is 0 Å². The molecule has 0 bridgehead atoms. The lowest BCUT2D eigenvalue weighted by atomic mass is 9.73. The van der Waals surface area contributed by atoms with Crippen molar-refractivity contribution in [3.63, 3.8) is 0 Å². The minimum atomic E-state index is 0.115. The molecule has 0 spiro atoms. The average molecular weight is 1460 g/mol. The molecule has 1 aliphatic rings. The first-order valence-electron chi connectivity index (χ1n) is 41.3. The molecule has 1 amide bonds. The SMILES string of the molecule is CC.CC.CC(C)(C)CN1CCC(C(C)(C)C)CC1.CC(C)C.CC(C)CCCN(C)C(C)(C)C.CC(C)CCCN(C)CC(C)(C)C.CC(CC(C)(C)C)C(C)(C)C.CN(C)C(=O)CCC(C)(C)C.CN(Cc1ccccc1)C(C)(C)C.Cc1sc(-c2ccc(C(C)(C)C)cc2)nc1C(C)(C)C. The second-order valence-corrected chi connectivity index (χ2v) is 43.8. The lowest BCUT2D eigenvalue weighted by Crippen LogP contribution is -2.41. The van der Waals surface area contributed by atoms with Gasteiger partial charge in [0.25, 0.3) is 0 Å². The number of piperidine rings is 1. The number of nitrogens with zero attached hydrogens (tertiary/aromatic N) is 6. The third-order valence-corrected chi connectivity index (χ3v) is 18.9. The van der Waals surface area contributed by atoms with Gasteiger partial charge in [-0.25, -0.2) is 4.98 Å². The Hall–Kier alpha value is -2.62. The van der Waals surface area contributed by atoms with Crippen molar-refractivity contribution in [2.75, 3.05) is 74.5 Å². The number of benzene rings is 2. The van der Waals surface area contributed by atoms with Crippen molar-refractivity contribution in [1.82, 2.24) is 29.5 Å². The lowest BCUT2D eigenvalue weighted by molar-refractivity contribution is -0.129. The number of carbonyl (C=O) groups is 1. The molecule has 7 nitrogen and oxygen atoms in total. The predicted molar refractivity (Wildman–Crippen MR) is 476 cm³/mol. The molecule has 1 unspecified atom stereocenters. The van der Waals surface area contributed by atoms with Gasteiger partial charge in [-0.15, -0.1) is 11.3 Å². The molecule has 8 heteroatoms. The highest BCUT2D eigenvalue weighted by Crippen LogP contribution is 2.38. The maximum atomic E-state index is 11.1. The summed E-state index contributed by atoms with van der Waals surface area (Å²) in [4.78, 5) is 28.8. The lowest BCUT2D eigenvalue weighted by Gasteiger charge is -2.40. The van der Waals surface area contributed by atoms with E-state index in [1.807, 2.05) is 27.7 Å². The average Bonchev–Trinajstić information content (AvgIpc) is 1.68. The van der Waals surface area contributed by atoms with E-state index in [1.54, 1.807) is 30.3 Å². The molecule has 1 atom stereocenters. The topological polar surface area (TPSA) is 46.2 Å². The molecule has 612 valence electrons. The number of hydrogen-bond acceptors (Lipinski definition) is 7. The third-order valence-electron chi connectivity index (χ3n) is 17.9. The van der Waals surface area contributed by atoms with Crippen LogP contribution in [0.1, 0.15) is 370 Å². The summed E-state index contributed by atoms with van der Waals surface area (Å²) >= 11 is 1.80. The quantitative estimate of drug-likeness (QED) is 0.142. The second kappa shape index (κ2) is 52.5. The molecule has 1 fully saturated rings. The van der Waals surface area contributed by atoms with E-state index in [9.17, 15) is 4.79 Å². The van der Waals surface area contributed by atoms with Crippen molar-refractivity contribution >= 4 is 17.2 Å². The number of aryl methyl sites for hydroxylation is 1. The molecule has 2 aromatic carbocycles. The summed E-state index contributed by atoms with van der Waals surface area (Å²) in [5.41, 5.74) is 8.69. The first-order valence-corrected chi connectivity index (χ1v) is 42.1. The minimum Gasteiger partial charge on any atom is -0.349 e. The normalized spacial score (nSPS) is 13.8. The maximum absolute atomic E-state index is 11.1. The summed E-state index contributed by atoms with van der Waals surface area (Å²) in [6.07, 6.45) is 11.1. The smallest absolute Gasteiger partial charge is 0.222 e. The number of likely N-dealkylation sites (tertiary alicyclic amines) is 1. The molecular weight excluding hydrogens is 1270 g/mol. The molecule has 3 aromatic rings. The van der Waals surface area contributed by atoms with Crippen LogP contribution in [-0.4, -0.2) is 121 Å². The number of rotatable bonds is 16. The summed E-state index contributed by atoms with van der Waals surface area (Å²) in [5, 5.41) is 1.13. The van der Waals surface area contributed by atoms with Crippen LogP contribution in [0.3, 0.4) is 0 Å². The van der Waals surface area contributed by atoms with Gasteiger partial charge in [-0.1, -0.05) is 304 Å². The Labute approximate surface area is 655 Å². The number of hydrogen-bond donors (Lipinski definition) is 0. The summed E-state index contributed by atoms with van der Waals surface area (Å²) in [6.45, 7) is 105. The van der Waals surface area contributed by atoms with Crippen molar-refractivity contribution in [3.8, 4) is 10.6 Å². The van der Waals surface area contributed by atoms with Crippen LogP contribution in [0.4, 0.5) is 0 Å². The minimum absolute atomic E-state index is 0.115. The molecule has 1 aliphatic heterocycles. The Bertz CT molecular complexity index is 2450. The molecular formula is C95H190N6OS. The molecule has 0 saturated carbocycles. The second-order valence-electron chi connectivity index (χ2n) is 42.6. The van der Waals surface area contributed by atoms with Crippen molar-refractivity contribution in [1.29, 1.82) is 0 Å². The van der Waals surface area contributed by atoms with E-state index >= 15 is 0 Å². The van der Waals surface area contributed by atoms with Crippen LogP contribution < -0.4 is 0 Å². The van der Waals surface area contributed by atoms with Gasteiger partial charge in [0.15, 0.2) is 0 Å². The molecule has 0 N–H and O–H groups in total. The van der Waals surface area contributed by atoms with Gasteiger partial charge in [-0.05, 0) is 226 Å². The van der Waals surface area contributed by atoms with Crippen LogP contribution in [0.2, 0.25) is 0 Å². The van der Waals surface area contributed by atoms with Gasteiger partial charge in [0.1, 0.15) is 5.01 Å². The molecule has 2 heterocycles. The van der Waals surface area contributed by atoms with E-state index in [0.717, 1.165) is 47.6 Å². The number of aromatic nitrogens is 1. The predicted octanol–water partition coefficient (Wildman–Crippen LogP) is 28.7. The highest BCUT2D eigenvalue weighted by Gasteiger charge is 2.31. The Balaban J connectivity index is -0.000000264. The molecule has 0 radical (unpaired) electrons. The van der Waals surface area contributed by atoms with Crippen molar-refractivity contribution in [2.24, 2.45) is 62.1 Å². The van der Waals surface area contributed by atoms with Gasteiger partial charge < -0.3 is 19.6 Å². The maximum Gasteiger partial charge on any atom is 0.222 e. The Morgan fingerprint density at radius 3 is 1.25 bits per heavy atom. The van der Waals surface area contributed by atoms with Crippen LogP contribution in [0, 0.1) is 69.0 Å². The fraction of sp³-hybridized carbons (Fsp3) is 0.832. The van der Waals surface area contributed by atoms with E-state index in [-0.39, 0.29) is 27.7 Å². The van der Waals surface area contributed by atoms with E-state index < -0.39 is 0 Å². The van der Waals surface area contributed by atoms with E-state index in [4.69, 9.17) is 4.98 Å². The van der Waals surface area contributed by atoms with E-state index in [1.165, 1.54) is 111 Å². The zero-order valence-corrected chi connectivity index (χ0v) is 80.2. The first-order chi connectivity index (χ1) is 46.1. The summed E-state index contributed by atoms with van der Waals surface area (Å²) in [6, 6.07) is 19.4. The fourth-order valence-corrected chi connectivity index (χ4v) is 11.8. The van der Waals surface area contributed by atoms with Crippen molar-refractivity contribution in [3.05, 3.63) is 76.3 Å². The number of carbonyl (C=O) groups excluding carboxylic acids is 1. The van der Waals surface area contributed by atoms with Crippen molar-refractivity contribution < 1.29 is 4.79 Å². The molecule has 4 rings (SSSR count). The third kappa shape index (κ3) is 67.2. The largest absolute Gasteiger partial charge is 0.349 e. The highest BCUT2D eigenvalue weighted by molar-refractivity contribution is 7.15. The monoisotopic (exact) mass is 1460 g/mol.